The van der Waals surface area contributed by atoms with E-state index in [-0.39, 0.29) is 30.9 Å². The molecule has 1 N–H and O–H groups in total. The highest BCUT2D eigenvalue weighted by molar-refractivity contribution is 6.03. The van der Waals surface area contributed by atoms with Crippen LogP contribution in [0.2, 0.25) is 0 Å². The van der Waals surface area contributed by atoms with Crippen LogP contribution in [0.4, 0.5) is 5.69 Å². The van der Waals surface area contributed by atoms with Gasteiger partial charge in [0.05, 0.1) is 17.9 Å². The fraction of sp³-hybridized carbons (Fsp3) is 0.552. The van der Waals surface area contributed by atoms with Gasteiger partial charge >= 0.3 is 0 Å². The molecule has 8 nitrogen and oxygen atoms in total. The highest BCUT2D eigenvalue weighted by Gasteiger charge is 2.74. The maximum atomic E-state index is 14.1. The van der Waals surface area contributed by atoms with Gasteiger partial charge in [-0.25, -0.2) is 0 Å². The van der Waals surface area contributed by atoms with Gasteiger partial charge in [-0.05, 0) is 37.8 Å². The maximum absolute atomic E-state index is 14.1. The minimum Gasteiger partial charge on any atom is -0.396 e. The summed E-state index contributed by atoms with van der Waals surface area (Å²) in [5.41, 5.74) is -0.312. The molecule has 8 heteroatoms. The quantitative estimate of drug-likeness (QED) is 0.413. The van der Waals surface area contributed by atoms with Gasteiger partial charge in [-0.3, -0.25) is 14.4 Å². The van der Waals surface area contributed by atoms with E-state index in [2.05, 4.69) is 20.1 Å². The Labute approximate surface area is 219 Å². The van der Waals surface area contributed by atoms with Crippen LogP contribution in [0.25, 0.3) is 0 Å². The monoisotopic (exact) mass is 509 g/mol. The van der Waals surface area contributed by atoms with E-state index in [1.165, 1.54) is 0 Å². The lowest BCUT2D eigenvalue weighted by Crippen LogP contribution is -2.56. The van der Waals surface area contributed by atoms with E-state index in [9.17, 15) is 19.5 Å². The van der Waals surface area contributed by atoms with E-state index in [0.29, 0.717) is 38.9 Å². The Kier molecular flexibility index (Phi) is 8.49. The molecule has 4 rings (SSSR count). The van der Waals surface area contributed by atoms with Crippen molar-refractivity contribution in [2.45, 2.75) is 56.8 Å². The number of para-hydroxylation sites is 1. The molecule has 3 aliphatic heterocycles. The van der Waals surface area contributed by atoms with Crippen molar-refractivity contribution in [1.29, 1.82) is 0 Å². The molecule has 2 unspecified atom stereocenters. The van der Waals surface area contributed by atoms with Crippen molar-refractivity contribution in [1.82, 2.24) is 9.80 Å². The van der Waals surface area contributed by atoms with E-state index in [0.717, 1.165) is 18.5 Å². The molecule has 1 aromatic rings. The van der Waals surface area contributed by atoms with Crippen LogP contribution in [0.15, 0.2) is 55.6 Å². The summed E-state index contributed by atoms with van der Waals surface area (Å²) in [6.07, 6.45) is 6.23. The highest BCUT2D eigenvalue weighted by Crippen LogP contribution is 2.59. The van der Waals surface area contributed by atoms with Gasteiger partial charge in [0.25, 0.3) is 0 Å². The Morgan fingerprint density at radius 2 is 1.89 bits per heavy atom. The van der Waals surface area contributed by atoms with Gasteiger partial charge in [0.15, 0.2) is 0 Å². The average molecular weight is 510 g/mol. The first kappa shape index (κ1) is 27.1. The van der Waals surface area contributed by atoms with Crippen LogP contribution in [-0.4, -0.2) is 83.2 Å². The second-order valence-electron chi connectivity index (χ2n) is 10.2. The number of carbonyl (C=O) groups is 3. The number of hydrogen-bond donors (Lipinski definition) is 1. The molecule has 0 saturated carbocycles. The van der Waals surface area contributed by atoms with Crippen LogP contribution in [0.1, 0.15) is 39.0 Å². The molecule has 200 valence electrons. The van der Waals surface area contributed by atoms with Crippen LogP contribution in [0.3, 0.4) is 0 Å². The second-order valence-corrected chi connectivity index (χ2v) is 10.2. The van der Waals surface area contributed by atoms with Gasteiger partial charge in [0.2, 0.25) is 17.7 Å². The number of carbonyl (C=O) groups excluding carboxylic acids is 3. The Balaban J connectivity index is 1.71. The zero-order valence-electron chi connectivity index (χ0n) is 21.8. The maximum Gasteiger partial charge on any atom is 0.248 e. The first-order chi connectivity index (χ1) is 17.9. The zero-order chi connectivity index (χ0) is 26.6. The number of hydrogen-bond acceptors (Lipinski definition) is 5. The number of likely N-dealkylation sites (tertiary alicyclic amines) is 1. The second kappa shape index (κ2) is 11.6. The van der Waals surface area contributed by atoms with E-state index in [4.69, 9.17) is 4.74 Å². The van der Waals surface area contributed by atoms with Crippen molar-refractivity contribution in [3.05, 3.63) is 55.6 Å². The predicted octanol–water partition coefficient (Wildman–Crippen LogP) is 2.78. The summed E-state index contributed by atoms with van der Waals surface area (Å²) in [6, 6.07) is 8.53. The molecule has 37 heavy (non-hydrogen) atoms. The minimum atomic E-state index is -1.04. The number of unbranched alkanes of at least 4 members (excludes halogenated alkanes) is 1. The zero-order valence-corrected chi connectivity index (χ0v) is 21.8. The van der Waals surface area contributed by atoms with Crippen LogP contribution in [0, 0.1) is 11.8 Å². The first-order valence-corrected chi connectivity index (χ1v) is 13.4. The molecule has 3 heterocycles. The molecule has 1 aromatic carbocycles. The molecule has 0 aromatic heterocycles. The molecule has 1 spiro atoms. The number of benzene rings is 1. The van der Waals surface area contributed by atoms with E-state index < -0.39 is 29.6 Å². The third-order valence-electron chi connectivity index (χ3n) is 7.96. The van der Waals surface area contributed by atoms with Gasteiger partial charge in [-0.15, -0.1) is 13.2 Å². The molecule has 3 fully saturated rings. The van der Waals surface area contributed by atoms with Crippen LogP contribution in [0.5, 0.6) is 0 Å². The fourth-order valence-corrected chi connectivity index (χ4v) is 6.40. The Bertz CT molecular complexity index is 1010. The van der Waals surface area contributed by atoms with Crippen LogP contribution < -0.4 is 4.90 Å². The van der Waals surface area contributed by atoms with Crippen molar-refractivity contribution in [2.24, 2.45) is 11.8 Å². The van der Waals surface area contributed by atoms with Crippen LogP contribution in [-0.2, 0) is 19.1 Å². The number of aliphatic hydroxyl groups excluding tert-OH is 1. The van der Waals surface area contributed by atoms with Crippen molar-refractivity contribution >= 4 is 23.4 Å². The fourth-order valence-electron chi connectivity index (χ4n) is 6.40. The van der Waals surface area contributed by atoms with Gasteiger partial charge in [-0.1, -0.05) is 43.7 Å². The number of amides is 3. The molecule has 0 aliphatic carbocycles. The Morgan fingerprint density at radius 3 is 2.54 bits per heavy atom. The number of ether oxygens (including phenoxy) is 1. The topological polar surface area (TPSA) is 90.4 Å². The summed E-state index contributed by atoms with van der Waals surface area (Å²) in [6.45, 7) is 11.1. The van der Waals surface area contributed by atoms with Gasteiger partial charge < -0.3 is 24.5 Å². The molecule has 2 bridgehead atoms. The summed E-state index contributed by atoms with van der Waals surface area (Å²) in [7, 11) is 0. The lowest BCUT2D eigenvalue weighted by atomic mass is 9.70. The highest BCUT2D eigenvalue weighted by atomic mass is 16.5. The van der Waals surface area contributed by atoms with Gasteiger partial charge in [0, 0.05) is 38.5 Å². The molecule has 3 amide bonds. The smallest absolute Gasteiger partial charge is 0.248 e. The molecule has 5 atom stereocenters. The number of nitrogens with zero attached hydrogens (tertiary/aromatic N) is 3. The Hall–Kier alpha value is -2.97. The van der Waals surface area contributed by atoms with Crippen molar-refractivity contribution in [3.63, 3.8) is 0 Å². The third kappa shape index (κ3) is 4.73. The standard InChI is InChI=1S/C29H39N3O5/c1-4-7-18-30(16-5-2)28(36)25-29-15-14-22(37-29)23(24(29)27(35)32(25)19-11-20-33)26(34)31(17-6-3)21-12-9-8-10-13-21/h5-6,8-10,12-13,22-25,33H,2-4,7,11,14-20H2,1H3/t22-,23+,24-,25?,29?/m0/s1. The number of aliphatic hydroxyl groups is 1. The van der Waals surface area contributed by atoms with Gasteiger partial charge in [0.1, 0.15) is 11.6 Å². The van der Waals surface area contributed by atoms with E-state index >= 15 is 0 Å². The first-order valence-electron chi connectivity index (χ1n) is 13.4. The lowest BCUT2D eigenvalue weighted by molar-refractivity contribution is -0.147. The Morgan fingerprint density at radius 1 is 1.16 bits per heavy atom. The van der Waals surface area contributed by atoms with Gasteiger partial charge in [-0.2, -0.15) is 0 Å². The normalized spacial score (nSPS) is 27.7. The third-order valence-corrected chi connectivity index (χ3v) is 7.96. The molecule has 0 radical (unpaired) electrons. The summed E-state index contributed by atoms with van der Waals surface area (Å²) < 4.78 is 6.56. The van der Waals surface area contributed by atoms with E-state index in [1.807, 2.05) is 30.3 Å². The molecular weight excluding hydrogens is 470 g/mol. The van der Waals surface area contributed by atoms with Crippen LogP contribution >= 0.6 is 0 Å². The molecule has 3 aliphatic rings. The number of anilines is 1. The SMILES string of the molecule is C=CCN(CCCC)C(=O)C1N(CCCO)C(=O)[C@@H]2[C@H](C(=O)N(CC=C)c3ccccc3)[C@@H]3CCC12O3. The predicted molar refractivity (Wildman–Crippen MR) is 142 cm³/mol. The molecule has 3 saturated heterocycles. The summed E-state index contributed by atoms with van der Waals surface area (Å²) in [5, 5.41) is 9.53. The lowest BCUT2D eigenvalue weighted by Gasteiger charge is -2.37. The summed E-state index contributed by atoms with van der Waals surface area (Å²) in [4.78, 5) is 47.1. The van der Waals surface area contributed by atoms with Crippen molar-refractivity contribution in [3.8, 4) is 0 Å². The average Bonchev–Trinajstić information content (AvgIpc) is 3.55. The summed E-state index contributed by atoms with van der Waals surface area (Å²) >= 11 is 0. The summed E-state index contributed by atoms with van der Waals surface area (Å²) in [5.74, 6) is -1.99. The van der Waals surface area contributed by atoms with Crippen molar-refractivity contribution in [2.75, 3.05) is 37.7 Å². The van der Waals surface area contributed by atoms with Crippen molar-refractivity contribution < 1.29 is 24.2 Å². The number of rotatable bonds is 13. The molecular formula is C29H39N3O5. The minimum absolute atomic E-state index is 0.0957. The number of fused-ring (bicyclic) bond motifs is 1. The van der Waals surface area contributed by atoms with E-state index in [1.54, 1.807) is 26.9 Å². The largest absolute Gasteiger partial charge is 0.396 e.